The number of hydrogen-bond donors (Lipinski definition) is 0. The lowest BCUT2D eigenvalue weighted by Gasteiger charge is -2.07. The first kappa shape index (κ1) is 9.92. The third kappa shape index (κ3) is 1.66. The van der Waals surface area contributed by atoms with Crippen LogP contribution in [0.2, 0.25) is 0 Å². The van der Waals surface area contributed by atoms with Crippen LogP contribution in [0.25, 0.3) is 10.9 Å². The van der Waals surface area contributed by atoms with Gasteiger partial charge in [-0.3, -0.25) is 4.79 Å². The molecule has 78 valence electrons. The van der Waals surface area contributed by atoms with Crippen molar-refractivity contribution in [2.45, 2.75) is 0 Å². The molecule has 2 rings (SSSR count). The Balaban J connectivity index is 3.03. The molecule has 0 N–H and O–H groups in total. The summed E-state index contributed by atoms with van der Waals surface area (Å²) < 4.78 is 23.9. The van der Waals surface area contributed by atoms with Gasteiger partial charge < -0.3 is 0 Å². The van der Waals surface area contributed by atoms with Crippen molar-refractivity contribution in [3.05, 3.63) is 46.8 Å². The van der Waals surface area contributed by atoms with Crippen LogP contribution in [-0.2, 0) is 10.0 Å². The highest BCUT2D eigenvalue weighted by Gasteiger charge is 2.08. The number of aromatic nitrogens is 1. The summed E-state index contributed by atoms with van der Waals surface area (Å²) in [5, 5.41) is 0.408. The molecule has 0 aliphatic carbocycles. The molecule has 2 aromatic rings. The van der Waals surface area contributed by atoms with Crippen molar-refractivity contribution in [3.63, 3.8) is 0 Å². The lowest BCUT2D eigenvalue weighted by atomic mass is 10.2. The molecule has 0 saturated carbocycles. The zero-order valence-corrected chi connectivity index (χ0v) is 8.86. The second kappa shape index (κ2) is 3.20. The van der Waals surface area contributed by atoms with Crippen LogP contribution in [0.5, 0.6) is 0 Å². The van der Waals surface area contributed by atoms with Gasteiger partial charge in [0.25, 0.3) is 0 Å². The average molecular weight is 223 g/mol. The SMILES string of the molecule is CS(=O)(=O)n1ccc(=O)c2ccccc21. The van der Waals surface area contributed by atoms with Gasteiger partial charge in [-0.1, -0.05) is 12.1 Å². The van der Waals surface area contributed by atoms with Gasteiger partial charge in [-0.25, -0.2) is 12.4 Å². The highest BCUT2D eigenvalue weighted by Crippen LogP contribution is 2.10. The van der Waals surface area contributed by atoms with E-state index in [1.807, 2.05) is 0 Å². The fourth-order valence-electron chi connectivity index (χ4n) is 1.47. The Labute approximate surface area is 86.8 Å². The van der Waals surface area contributed by atoms with E-state index in [4.69, 9.17) is 0 Å². The van der Waals surface area contributed by atoms with Crippen molar-refractivity contribution in [3.8, 4) is 0 Å². The van der Waals surface area contributed by atoms with E-state index < -0.39 is 10.0 Å². The van der Waals surface area contributed by atoms with Crippen molar-refractivity contribution in [2.75, 3.05) is 6.26 Å². The topological polar surface area (TPSA) is 56.1 Å². The van der Waals surface area contributed by atoms with E-state index in [-0.39, 0.29) is 5.43 Å². The van der Waals surface area contributed by atoms with Crippen molar-refractivity contribution in [1.29, 1.82) is 0 Å². The molecule has 0 fully saturated rings. The number of nitrogens with zero attached hydrogens (tertiary/aromatic N) is 1. The van der Waals surface area contributed by atoms with Crippen LogP contribution < -0.4 is 5.43 Å². The third-order valence-electron chi connectivity index (χ3n) is 2.13. The Hall–Kier alpha value is -1.62. The highest BCUT2D eigenvalue weighted by atomic mass is 32.2. The molecule has 15 heavy (non-hydrogen) atoms. The molecule has 1 aromatic heterocycles. The van der Waals surface area contributed by atoms with Gasteiger partial charge in [0.05, 0.1) is 11.8 Å². The van der Waals surface area contributed by atoms with E-state index in [0.29, 0.717) is 10.9 Å². The van der Waals surface area contributed by atoms with Crippen LogP contribution in [0.1, 0.15) is 0 Å². The second-order valence-electron chi connectivity index (χ2n) is 3.26. The Morgan fingerprint density at radius 1 is 1.13 bits per heavy atom. The lowest BCUT2D eigenvalue weighted by molar-refractivity contribution is 0.595. The fraction of sp³-hybridized carbons (Fsp3) is 0.100. The fourth-order valence-corrected chi connectivity index (χ4v) is 2.27. The number of benzene rings is 1. The summed E-state index contributed by atoms with van der Waals surface area (Å²) in [7, 11) is -3.37. The van der Waals surface area contributed by atoms with E-state index in [0.717, 1.165) is 10.2 Å². The summed E-state index contributed by atoms with van der Waals surface area (Å²) in [6.07, 6.45) is 2.38. The molecule has 4 nitrogen and oxygen atoms in total. The summed E-state index contributed by atoms with van der Waals surface area (Å²) in [5.74, 6) is 0. The minimum Gasteiger partial charge on any atom is -0.289 e. The van der Waals surface area contributed by atoms with Crippen LogP contribution in [0.3, 0.4) is 0 Å². The van der Waals surface area contributed by atoms with Gasteiger partial charge in [0.15, 0.2) is 5.43 Å². The van der Waals surface area contributed by atoms with Gasteiger partial charge in [-0.15, -0.1) is 0 Å². The Morgan fingerprint density at radius 3 is 2.47 bits per heavy atom. The van der Waals surface area contributed by atoms with Crippen molar-refractivity contribution in [1.82, 2.24) is 3.97 Å². The molecule has 0 radical (unpaired) electrons. The molecule has 0 spiro atoms. The number of pyridine rings is 1. The quantitative estimate of drug-likeness (QED) is 0.718. The molecule has 0 saturated heterocycles. The first-order valence-electron chi connectivity index (χ1n) is 4.31. The molecule has 1 heterocycles. The molecular weight excluding hydrogens is 214 g/mol. The number of fused-ring (bicyclic) bond motifs is 1. The molecular formula is C10H9NO3S. The highest BCUT2D eigenvalue weighted by molar-refractivity contribution is 7.89. The predicted octanol–water partition coefficient (Wildman–Crippen LogP) is 0.809. The van der Waals surface area contributed by atoms with E-state index in [2.05, 4.69) is 0 Å². The van der Waals surface area contributed by atoms with Gasteiger partial charge in [-0.05, 0) is 12.1 Å². The smallest absolute Gasteiger partial charge is 0.236 e. The molecule has 0 aliphatic heterocycles. The Kier molecular flexibility index (Phi) is 2.12. The van der Waals surface area contributed by atoms with Crippen LogP contribution in [-0.4, -0.2) is 18.6 Å². The summed E-state index contributed by atoms with van der Waals surface area (Å²) in [4.78, 5) is 11.4. The minimum atomic E-state index is -3.37. The zero-order chi connectivity index (χ0) is 11.1. The molecule has 0 aliphatic rings. The summed E-state index contributed by atoms with van der Waals surface area (Å²) in [6, 6.07) is 7.88. The first-order chi connectivity index (χ1) is 7.00. The summed E-state index contributed by atoms with van der Waals surface area (Å²) >= 11 is 0. The van der Waals surface area contributed by atoms with Crippen LogP contribution >= 0.6 is 0 Å². The van der Waals surface area contributed by atoms with Crippen LogP contribution in [0.4, 0.5) is 0 Å². The number of hydrogen-bond acceptors (Lipinski definition) is 3. The normalized spacial score (nSPS) is 11.8. The van der Waals surface area contributed by atoms with E-state index in [1.54, 1.807) is 24.3 Å². The van der Waals surface area contributed by atoms with Gasteiger partial charge in [0.2, 0.25) is 10.0 Å². The number of rotatable bonds is 1. The van der Waals surface area contributed by atoms with Gasteiger partial charge in [-0.2, -0.15) is 0 Å². The standard InChI is InChI=1S/C10H9NO3S/c1-15(13,14)11-7-6-10(12)8-4-2-3-5-9(8)11/h2-7H,1H3. The molecule has 0 unspecified atom stereocenters. The molecule has 5 heteroatoms. The third-order valence-corrected chi connectivity index (χ3v) is 3.16. The average Bonchev–Trinajstić information content (AvgIpc) is 2.17. The maximum atomic E-state index is 11.4. The molecule has 1 aromatic carbocycles. The zero-order valence-electron chi connectivity index (χ0n) is 8.04. The largest absolute Gasteiger partial charge is 0.289 e. The monoisotopic (exact) mass is 223 g/mol. The number of para-hydroxylation sites is 1. The van der Waals surface area contributed by atoms with Crippen molar-refractivity contribution < 1.29 is 8.42 Å². The minimum absolute atomic E-state index is 0.175. The van der Waals surface area contributed by atoms with Gasteiger partial charge in [0, 0.05) is 17.6 Å². The maximum Gasteiger partial charge on any atom is 0.236 e. The second-order valence-corrected chi connectivity index (χ2v) is 5.12. The first-order valence-corrected chi connectivity index (χ1v) is 6.16. The summed E-state index contributed by atoms with van der Waals surface area (Å²) in [6.45, 7) is 0. The van der Waals surface area contributed by atoms with E-state index in [9.17, 15) is 13.2 Å². The molecule has 0 bridgehead atoms. The van der Waals surface area contributed by atoms with Crippen LogP contribution in [0.15, 0.2) is 41.3 Å². The lowest BCUT2D eigenvalue weighted by Crippen LogP contribution is -2.14. The van der Waals surface area contributed by atoms with Crippen LogP contribution in [0, 0.1) is 0 Å². The van der Waals surface area contributed by atoms with Crippen molar-refractivity contribution >= 4 is 20.9 Å². The maximum absolute atomic E-state index is 11.4. The predicted molar refractivity (Wildman–Crippen MR) is 58.4 cm³/mol. The van der Waals surface area contributed by atoms with E-state index >= 15 is 0 Å². The van der Waals surface area contributed by atoms with E-state index in [1.165, 1.54) is 12.3 Å². The van der Waals surface area contributed by atoms with Crippen molar-refractivity contribution in [2.24, 2.45) is 0 Å². The van der Waals surface area contributed by atoms with Gasteiger partial charge in [0.1, 0.15) is 0 Å². The molecule has 0 atom stereocenters. The van der Waals surface area contributed by atoms with Gasteiger partial charge >= 0.3 is 0 Å². The summed E-state index contributed by atoms with van der Waals surface area (Å²) in [5.41, 5.74) is 0.234. The Morgan fingerprint density at radius 2 is 1.80 bits per heavy atom. The molecule has 0 amide bonds. The Bertz CT molecular complexity index is 670.